The van der Waals surface area contributed by atoms with Crippen molar-refractivity contribution in [1.29, 1.82) is 0 Å². The number of piperidine rings is 1. The number of rotatable bonds is 4. The summed E-state index contributed by atoms with van der Waals surface area (Å²) in [6.07, 6.45) is 8.36. The van der Waals surface area contributed by atoms with Crippen LogP contribution in [-0.4, -0.2) is 36.3 Å². The summed E-state index contributed by atoms with van der Waals surface area (Å²) < 4.78 is 0. The number of carbonyl (C=O) groups excluding carboxylic acids is 2. The number of nitrogens with zero attached hydrogens (tertiary/aromatic N) is 1. The molecule has 1 saturated heterocycles. The zero-order chi connectivity index (χ0) is 17.6. The highest BCUT2D eigenvalue weighted by atomic mass is 35.5. The van der Waals surface area contributed by atoms with Crippen LogP contribution in [0.15, 0.2) is 35.9 Å². The molecule has 0 radical (unpaired) electrons. The van der Waals surface area contributed by atoms with Gasteiger partial charge in [-0.05, 0) is 56.6 Å². The van der Waals surface area contributed by atoms with E-state index in [9.17, 15) is 9.59 Å². The summed E-state index contributed by atoms with van der Waals surface area (Å²) >= 11 is 6.07. The van der Waals surface area contributed by atoms with Gasteiger partial charge in [-0.2, -0.15) is 0 Å². The van der Waals surface area contributed by atoms with Gasteiger partial charge in [-0.3, -0.25) is 9.59 Å². The highest BCUT2D eigenvalue weighted by Crippen LogP contribution is 2.23. The summed E-state index contributed by atoms with van der Waals surface area (Å²) in [5, 5.41) is 3.44. The molecular formula is C20H25ClN2O2. The van der Waals surface area contributed by atoms with Crippen molar-refractivity contribution in [3.63, 3.8) is 0 Å². The van der Waals surface area contributed by atoms with Gasteiger partial charge in [-0.1, -0.05) is 29.8 Å². The molecule has 0 bridgehead atoms. The molecule has 1 atom stereocenters. The van der Waals surface area contributed by atoms with E-state index in [4.69, 9.17) is 11.6 Å². The summed E-state index contributed by atoms with van der Waals surface area (Å²) in [7, 11) is 0. The third-order valence-electron chi connectivity index (χ3n) is 5.04. The Bertz CT molecular complexity index is 671. The summed E-state index contributed by atoms with van der Waals surface area (Å²) in [5.74, 6) is 0.346. The van der Waals surface area contributed by atoms with Gasteiger partial charge in [0.05, 0.1) is 10.6 Å². The normalized spacial score (nSPS) is 20.8. The van der Waals surface area contributed by atoms with Gasteiger partial charge in [0.2, 0.25) is 5.91 Å². The molecule has 1 fully saturated rings. The van der Waals surface area contributed by atoms with E-state index < -0.39 is 0 Å². The third-order valence-corrected chi connectivity index (χ3v) is 5.37. The minimum atomic E-state index is -0.149. The number of benzene rings is 1. The van der Waals surface area contributed by atoms with Crippen LogP contribution in [0.3, 0.4) is 0 Å². The van der Waals surface area contributed by atoms with Crippen LogP contribution in [0.25, 0.3) is 0 Å². The number of allylic oxidation sites excluding steroid dienone is 1. The second-order valence-electron chi connectivity index (χ2n) is 6.92. The lowest BCUT2D eigenvalue weighted by Crippen LogP contribution is -2.44. The monoisotopic (exact) mass is 360 g/mol. The molecular weight excluding hydrogens is 336 g/mol. The Morgan fingerprint density at radius 1 is 1.20 bits per heavy atom. The van der Waals surface area contributed by atoms with Crippen molar-refractivity contribution >= 4 is 23.4 Å². The molecule has 1 N–H and O–H groups in total. The van der Waals surface area contributed by atoms with E-state index in [1.54, 1.807) is 18.2 Å². The van der Waals surface area contributed by atoms with Gasteiger partial charge in [0.1, 0.15) is 0 Å². The number of amides is 2. The van der Waals surface area contributed by atoms with Crippen LogP contribution in [0.1, 0.15) is 48.9 Å². The fourth-order valence-corrected chi connectivity index (χ4v) is 3.85. The Hall–Kier alpha value is -1.81. The van der Waals surface area contributed by atoms with Gasteiger partial charge < -0.3 is 10.2 Å². The topological polar surface area (TPSA) is 49.4 Å². The van der Waals surface area contributed by atoms with Crippen LogP contribution in [0.2, 0.25) is 5.02 Å². The van der Waals surface area contributed by atoms with Gasteiger partial charge >= 0.3 is 0 Å². The highest BCUT2D eigenvalue weighted by molar-refractivity contribution is 6.33. The number of nitrogens with one attached hydrogen (secondary N) is 1. The smallest absolute Gasteiger partial charge is 0.252 e. The molecule has 25 heavy (non-hydrogen) atoms. The first-order valence-electron chi connectivity index (χ1n) is 9.16. The number of hydrogen-bond acceptors (Lipinski definition) is 2. The average molecular weight is 361 g/mol. The molecule has 2 amide bonds. The number of carbonyl (C=O) groups is 2. The van der Waals surface area contributed by atoms with Crippen LogP contribution in [0.4, 0.5) is 0 Å². The number of hydrogen-bond donors (Lipinski definition) is 1. The van der Waals surface area contributed by atoms with E-state index in [1.165, 1.54) is 6.42 Å². The second kappa shape index (κ2) is 8.52. The molecule has 0 aromatic heterocycles. The second-order valence-corrected chi connectivity index (χ2v) is 7.33. The molecule has 5 heteroatoms. The summed E-state index contributed by atoms with van der Waals surface area (Å²) in [6.45, 7) is 2.12. The van der Waals surface area contributed by atoms with Gasteiger partial charge in [0.15, 0.2) is 0 Å². The maximum absolute atomic E-state index is 12.7. The van der Waals surface area contributed by atoms with Crippen LogP contribution in [0.5, 0.6) is 0 Å². The van der Waals surface area contributed by atoms with Gasteiger partial charge in [-0.25, -0.2) is 0 Å². The Kier molecular flexibility index (Phi) is 6.14. The maximum atomic E-state index is 12.7. The van der Waals surface area contributed by atoms with Crippen LogP contribution >= 0.6 is 11.6 Å². The van der Waals surface area contributed by atoms with E-state index >= 15 is 0 Å². The standard InChI is InChI=1S/C20H25ClN2O2/c21-18-11-5-4-10-17(18)19(24)22-13-15-7-6-12-23(14-15)20(25)16-8-2-1-3-9-16/h4-5,8,10-11,15H,1-3,6-7,9,12-14H2,(H,22,24). The molecule has 1 aromatic rings. The highest BCUT2D eigenvalue weighted by Gasteiger charge is 2.26. The fraction of sp³-hybridized carbons (Fsp3) is 0.500. The zero-order valence-electron chi connectivity index (χ0n) is 14.5. The Balaban J connectivity index is 1.53. The molecule has 1 heterocycles. The summed E-state index contributed by atoms with van der Waals surface area (Å²) in [4.78, 5) is 26.9. The third kappa shape index (κ3) is 4.63. The first-order chi connectivity index (χ1) is 12.1. The van der Waals surface area contributed by atoms with Crippen LogP contribution < -0.4 is 5.32 Å². The molecule has 1 aliphatic heterocycles. The number of halogens is 1. The van der Waals surface area contributed by atoms with Crippen LogP contribution in [-0.2, 0) is 4.79 Å². The minimum Gasteiger partial charge on any atom is -0.352 e. The minimum absolute atomic E-state index is 0.149. The van der Waals surface area contributed by atoms with Crippen LogP contribution in [0, 0.1) is 5.92 Å². The number of likely N-dealkylation sites (tertiary alicyclic amines) is 1. The fourth-order valence-electron chi connectivity index (χ4n) is 3.63. The molecule has 4 nitrogen and oxygen atoms in total. The lowest BCUT2D eigenvalue weighted by molar-refractivity contribution is -0.129. The van der Waals surface area contributed by atoms with Gasteiger partial charge in [0, 0.05) is 25.2 Å². The predicted molar refractivity (Wildman–Crippen MR) is 99.6 cm³/mol. The Morgan fingerprint density at radius 2 is 2.04 bits per heavy atom. The molecule has 0 saturated carbocycles. The predicted octanol–water partition coefficient (Wildman–Crippen LogP) is 3.81. The van der Waals surface area contributed by atoms with Crippen molar-refractivity contribution in [3.05, 3.63) is 46.5 Å². The first-order valence-corrected chi connectivity index (χ1v) is 9.54. The molecule has 0 spiro atoms. The molecule has 1 aliphatic carbocycles. The van der Waals surface area contributed by atoms with Crippen molar-refractivity contribution in [2.24, 2.45) is 5.92 Å². The molecule has 2 aliphatic rings. The maximum Gasteiger partial charge on any atom is 0.252 e. The quantitative estimate of drug-likeness (QED) is 0.887. The van der Waals surface area contributed by atoms with E-state index in [0.29, 0.717) is 23.0 Å². The zero-order valence-corrected chi connectivity index (χ0v) is 15.2. The average Bonchev–Trinajstić information content (AvgIpc) is 2.67. The lowest BCUT2D eigenvalue weighted by Gasteiger charge is -2.34. The van der Waals surface area contributed by atoms with Crippen molar-refractivity contribution in [1.82, 2.24) is 10.2 Å². The lowest BCUT2D eigenvalue weighted by atomic mass is 9.94. The molecule has 1 unspecified atom stereocenters. The Morgan fingerprint density at radius 3 is 2.80 bits per heavy atom. The van der Waals surface area contributed by atoms with E-state index in [1.807, 2.05) is 11.0 Å². The first kappa shape index (κ1) is 18.0. The molecule has 1 aromatic carbocycles. The SMILES string of the molecule is O=C(NCC1CCCN(C(=O)C2=CCCCC2)C1)c1ccccc1Cl. The summed E-state index contributed by atoms with van der Waals surface area (Å²) in [5.41, 5.74) is 1.48. The summed E-state index contributed by atoms with van der Waals surface area (Å²) in [6, 6.07) is 7.06. The largest absolute Gasteiger partial charge is 0.352 e. The molecule has 134 valence electrons. The van der Waals surface area contributed by atoms with Gasteiger partial charge in [-0.15, -0.1) is 0 Å². The van der Waals surface area contributed by atoms with E-state index in [0.717, 1.165) is 50.8 Å². The van der Waals surface area contributed by atoms with Gasteiger partial charge in [0.25, 0.3) is 5.91 Å². The van der Waals surface area contributed by atoms with E-state index in [2.05, 4.69) is 11.4 Å². The van der Waals surface area contributed by atoms with Crippen molar-refractivity contribution in [3.8, 4) is 0 Å². The molecule has 3 rings (SSSR count). The van der Waals surface area contributed by atoms with Crippen molar-refractivity contribution < 1.29 is 9.59 Å². The Labute approximate surface area is 154 Å². The van der Waals surface area contributed by atoms with E-state index in [-0.39, 0.29) is 11.8 Å². The van der Waals surface area contributed by atoms with Crippen molar-refractivity contribution in [2.45, 2.75) is 38.5 Å². The van der Waals surface area contributed by atoms with Crippen molar-refractivity contribution in [2.75, 3.05) is 19.6 Å².